The van der Waals surface area contributed by atoms with Crippen LogP contribution in [0.25, 0.3) is 0 Å². The largest absolute Gasteiger partial charge is 0.485 e. The molecule has 1 aromatic heterocycles. The Morgan fingerprint density at radius 1 is 0.926 bits per heavy atom. The summed E-state index contributed by atoms with van der Waals surface area (Å²) in [5.41, 5.74) is 1.72. The van der Waals surface area contributed by atoms with Gasteiger partial charge in [-0.3, -0.25) is 0 Å². The third-order valence-electron chi connectivity index (χ3n) is 3.78. The number of methoxy groups -OCH3 is 1. The van der Waals surface area contributed by atoms with Gasteiger partial charge in [-0.15, -0.1) is 0 Å². The quantitative estimate of drug-likeness (QED) is 0.651. The lowest BCUT2D eigenvalue weighted by molar-refractivity contribution is 0.0688. The van der Waals surface area contributed by atoms with Crippen LogP contribution in [-0.4, -0.2) is 23.2 Å². The average Bonchev–Trinajstić information content (AvgIpc) is 2.71. The standard InChI is InChI=1S/C21H19NO5/c1-25-20-19(27-14-16-10-6-3-7-11-16)18(12-17(22-20)21(23)24)26-13-15-8-4-2-5-9-15/h2-12H,13-14H2,1H3,(H,23,24). The van der Waals surface area contributed by atoms with Crippen LogP contribution >= 0.6 is 0 Å². The van der Waals surface area contributed by atoms with Crippen LogP contribution in [0.1, 0.15) is 21.6 Å². The highest BCUT2D eigenvalue weighted by atomic mass is 16.5. The topological polar surface area (TPSA) is 77.9 Å². The van der Waals surface area contributed by atoms with Crippen LogP contribution in [0.5, 0.6) is 17.4 Å². The van der Waals surface area contributed by atoms with Crippen molar-refractivity contribution >= 4 is 5.97 Å². The van der Waals surface area contributed by atoms with Crippen molar-refractivity contribution in [2.45, 2.75) is 13.2 Å². The maximum atomic E-state index is 11.4. The Labute approximate surface area is 157 Å². The normalized spacial score (nSPS) is 10.3. The molecule has 0 unspecified atom stereocenters. The molecule has 0 saturated carbocycles. The number of aromatic nitrogens is 1. The summed E-state index contributed by atoms with van der Waals surface area (Å²) < 4.78 is 16.9. The van der Waals surface area contributed by atoms with E-state index in [-0.39, 0.29) is 36.3 Å². The number of pyridine rings is 1. The minimum atomic E-state index is -1.17. The van der Waals surface area contributed by atoms with Gasteiger partial charge in [0.1, 0.15) is 13.2 Å². The predicted octanol–water partition coefficient (Wildman–Crippen LogP) is 3.95. The SMILES string of the molecule is COc1nc(C(=O)O)cc(OCc2ccccc2)c1OCc1ccccc1. The highest BCUT2D eigenvalue weighted by molar-refractivity contribution is 5.86. The van der Waals surface area contributed by atoms with E-state index in [0.717, 1.165) is 11.1 Å². The van der Waals surface area contributed by atoms with Gasteiger partial charge in [0.2, 0.25) is 5.75 Å². The molecule has 2 aromatic carbocycles. The second-order valence-corrected chi connectivity index (χ2v) is 5.70. The van der Waals surface area contributed by atoms with Crippen LogP contribution in [0.2, 0.25) is 0 Å². The first-order valence-electron chi connectivity index (χ1n) is 8.33. The molecule has 0 radical (unpaired) electrons. The number of benzene rings is 2. The lowest BCUT2D eigenvalue weighted by Crippen LogP contribution is -2.08. The molecule has 0 atom stereocenters. The van der Waals surface area contributed by atoms with Gasteiger partial charge in [-0.05, 0) is 11.1 Å². The molecule has 6 nitrogen and oxygen atoms in total. The summed E-state index contributed by atoms with van der Waals surface area (Å²) in [6.45, 7) is 0.530. The van der Waals surface area contributed by atoms with E-state index in [1.807, 2.05) is 60.7 Å². The molecule has 1 N–H and O–H groups in total. The summed E-state index contributed by atoms with van der Waals surface area (Å²) in [7, 11) is 1.41. The monoisotopic (exact) mass is 365 g/mol. The van der Waals surface area contributed by atoms with E-state index in [9.17, 15) is 9.90 Å². The van der Waals surface area contributed by atoms with Crippen LogP contribution < -0.4 is 14.2 Å². The number of carboxylic acids is 1. The lowest BCUT2D eigenvalue weighted by atomic mass is 10.2. The van der Waals surface area contributed by atoms with E-state index in [1.54, 1.807) is 0 Å². The molecule has 6 heteroatoms. The van der Waals surface area contributed by atoms with Crippen molar-refractivity contribution in [3.8, 4) is 17.4 Å². The summed E-state index contributed by atoms with van der Waals surface area (Å²) in [4.78, 5) is 15.4. The van der Waals surface area contributed by atoms with E-state index in [4.69, 9.17) is 14.2 Å². The van der Waals surface area contributed by atoms with Crippen molar-refractivity contribution in [3.63, 3.8) is 0 Å². The molecule has 0 aliphatic rings. The Morgan fingerprint density at radius 2 is 1.48 bits per heavy atom. The molecule has 3 aromatic rings. The van der Waals surface area contributed by atoms with Crippen LogP contribution in [0.15, 0.2) is 66.7 Å². The number of rotatable bonds is 8. The molecule has 0 aliphatic carbocycles. The minimum Gasteiger partial charge on any atom is -0.485 e. The summed E-state index contributed by atoms with van der Waals surface area (Å²) in [6.07, 6.45) is 0. The highest BCUT2D eigenvalue weighted by Crippen LogP contribution is 2.37. The maximum absolute atomic E-state index is 11.4. The first-order chi connectivity index (χ1) is 13.2. The maximum Gasteiger partial charge on any atom is 0.354 e. The molecular formula is C21H19NO5. The van der Waals surface area contributed by atoms with Crippen LogP contribution in [0, 0.1) is 0 Å². The molecule has 0 spiro atoms. The smallest absolute Gasteiger partial charge is 0.354 e. The average molecular weight is 365 g/mol. The fourth-order valence-electron chi connectivity index (χ4n) is 2.44. The molecule has 0 aliphatic heterocycles. The van der Waals surface area contributed by atoms with Crippen LogP contribution in [-0.2, 0) is 13.2 Å². The van der Waals surface area contributed by atoms with Gasteiger partial charge < -0.3 is 19.3 Å². The zero-order valence-electron chi connectivity index (χ0n) is 14.8. The van der Waals surface area contributed by atoms with Crippen molar-refractivity contribution in [1.29, 1.82) is 0 Å². The number of hydrogen-bond acceptors (Lipinski definition) is 5. The van der Waals surface area contributed by atoms with E-state index >= 15 is 0 Å². The fourth-order valence-corrected chi connectivity index (χ4v) is 2.44. The molecule has 1 heterocycles. The first kappa shape index (κ1) is 18.3. The molecule has 0 fully saturated rings. The zero-order valence-corrected chi connectivity index (χ0v) is 14.8. The van der Waals surface area contributed by atoms with Crippen molar-refractivity contribution in [2.24, 2.45) is 0 Å². The molecule has 0 saturated heterocycles. The number of nitrogens with zero attached hydrogens (tertiary/aromatic N) is 1. The van der Waals surface area contributed by atoms with E-state index in [0.29, 0.717) is 0 Å². The zero-order chi connectivity index (χ0) is 19.1. The lowest BCUT2D eigenvalue weighted by Gasteiger charge is -2.16. The van der Waals surface area contributed by atoms with Crippen molar-refractivity contribution in [1.82, 2.24) is 4.98 Å². The van der Waals surface area contributed by atoms with Gasteiger partial charge in [-0.1, -0.05) is 60.7 Å². The Balaban J connectivity index is 1.89. The molecule has 3 rings (SSSR count). The fraction of sp³-hybridized carbons (Fsp3) is 0.143. The minimum absolute atomic E-state index is 0.0638. The predicted molar refractivity (Wildman–Crippen MR) is 99.3 cm³/mol. The number of hydrogen-bond donors (Lipinski definition) is 1. The van der Waals surface area contributed by atoms with Gasteiger partial charge in [0.15, 0.2) is 11.4 Å². The van der Waals surface area contributed by atoms with Gasteiger partial charge in [0.05, 0.1) is 7.11 Å². The van der Waals surface area contributed by atoms with Crippen LogP contribution in [0.4, 0.5) is 0 Å². The highest BCUT2D eigenvalue weighted by Gasteiger charge is 2.20. The van der Waals surface area contributed by atoms with E-state index < -0.39 is 5.97 Å². The van der Waals surface area contributed by atoms with E-state index in [1.165, 1.54) is 13.2 Å². The molecule has 27 heavy (non-hydrogen) atoms. The number of ether oxygens (including phenoxy) is 3. The molecule has 0 bridgehead atoms. The first-order valence-corrected chi connectivity index (χ1v) is 8.33. The Bertz CT molecular complexity index is 897. The summed E-state index contributed by atoms with van der Waals surface area (Å²) in [6, 6.07) is 20.5. The van der Waals surface area contributed by atoms with Gasteiger partial charge in [-0.2, -0.15) is 0 Å². The number of aromatic carboxylic acids is 1. The summed E-state index contributed by atoms with van der Waals surface area (Å²) in [5, 5.41) is 9.30. The van der Waals surface area contributed by atoms with Crippen molar-refractivity contribution in [2.75, 3.05) is 7.11 Å². The van der Waals surface area contributed by atoms with Crippen molar-refractivity contribution < 1.29 is 24.1 Å². The van der Waals surface area contributed by atoms with Gasteiger partial charge >= 0.3 is 5.97 Å². The summed E-state index contributed by atoms with van der Waals surface area (Å²) >= 11 is 0. The molecular weight excluding hydrogens is 346 g/mol. The molecule has 0 amide bonds. The molecule has 138 valence electrons. The Kier molecular flexibility index (Phi) is 5.89. The number of carboxylic acid groups (broad SMARTS) is 1. The van der Waals surface area contributed by atoms with E-state index in [2.05, 4.69) is 4.98 Å². The van der Waals surface area contributed by atoms with Crippen LogP contribution in [0.3, 0.4) is 0 Å². The summed E-state index contributed by atoms with van der Waals surface area (Å²) in [5.74, 6) is -0.581. The van der Waals surface area contributed by atoms with Gasteiger partial charge in [0, 0.05) is 6.07 Å². The second-order valence-electron chi connectivity index (χ2n) is 5.70. The van der Waals surface area contributed by atoms with Gasteiger partial charge in [-0.25, -0.2) is 9.78 Å². The third-order valence-corrected chi connectivity index (χ3v) is 3.78. The Morgan fingerprint density at radius 3 is 2.00 bits per heavy atom. The number of carbonyl (C=O) groups is 1. The van der Waals surface area contributed by atoms with Gasteiger partial charge in [0.25, 0.3) is 5.88 Å². The van der Waals surface area contributed by atoms with Crippen molar-refractivity contribution in [3.05, 3.63) is 83.6 Å². The second kappa shape index (κ2) is 8.71. The third kappa shape index (κ3) is 4.76. The Hall–Kier alpha value is -3.54.